The van der Waals surface area contributed by atoms with Crippen LogP contribution in [0, 0.1) is 0 Å². The molecule has 1 heterocycles. The SMILES string of the molecule is CCN(CC)S(=O)(=O)c1cc(C(=O)OCC(=O)N2CCCCCC2)ccc1OC. The number of nitrogens with zero attached hydrogens (tertiary/aromatic N) is 2. The lowest BCUT2D eigenvalue weighted by molar-refractivity contribution is -0.134. The van der Waals surface area contributed by atoms with E-state index in [2.05, 4.69) is 0 Å². The molecule has 0 aliphatic carbocycles. The summed E-state index contributed by atoms with van der Waals surface area (Å²) in [5.74, 6) is -0.828. The van der Waals surface area contributed by atoms with Crippen molar-refractivity contribution in [2.24, 2.45) is 0 Å². The van der Waals surface area contributed by atoms with E-state index in [9.17, 15) is 18.0 Å². The summed E-state index contributed by atoms with van der Waals surface area (Å²) >= 11 is 0. The van der Waals surface area contributed by atoms with E-state index in [-0.39, 0.29) is 28.7 Å². The summed E-state index contributed by atoms with van der Waals surface area (Å²) in [7, 11) is -2.46. The van der Waals surface area contributed by atoms with E-state index < -0.39 is 16.0 Å². The lowest BCUT2D eigenvalue weighted by Crippen LogP contribution is -2.35. The van der Waals surface area contributed by atoms with Crippen LogP contribution in [0.4, 0.5) is 0 Å². The molecule has 9 heteroatoms. The molecule has 29 heavy (non-hydrogen) atoms. The molecular formula is C20H30N2O6S. The van der Waals surface area contributed by atoms with Crippen molar-refractivity contribution in [3.63, 3.8) is 0 Å². The average molecular weight is 427 g/mol. The van der Waals surface area contributed by atoms with E-state index in [1.807, 2.05) is 0 Å². The summed E-state index contributed by atoms with van der Waals surface area (Å²) in [6, 6.07) is 4.09. The average Bonchev–Trinajstić information content (AvgIpc) is 3.01. The third-order valence-electron chi connectivity index (χ3n) is 5.01. The first-order valence-electron chi connectivity index (χ1n) is 9.98. The number of carbonyl (C=O) groups is 2. The molecule has 1 aliphatic rings. The van der Waals surface area contributed by atoms with Crippen LogP contribution in [0.25, 0.3) is 0 Å². The molecule has 0 unspecified atom stereocenters. The minimum atomic E-state index is -3.83. The van der Waals surface area contributed by atoms with E-state index in [1.54, 1.807) is 18.7 Å². The molecular weight excluding hydrogens is 396 g/mol. The van der Waals surface area contributed by atoms with Crippen molar-refractivity contribution in [3.8, 4) is 5.75 Å². The van der Waals surface area contributed by atoms with Crippen LogP contribution in [-0.4, -0.2) is 69.4 Å². The van der Waals surface area contributed by atoms with E-state index in [0.717, 1.165) is 25.7 Å². The highest BCUT2D eigenvalue weighted by molar-refractivity contribution is 7.89. The Bertz CT molecular complexity index is 812. The monoisotopic (exact) mass is 426 g/mol. The Kier molecular flexibility index (Phi) is 8.45. The van der Waals surface area contributed by atoms with Gasteiger partial charge in [0.15, 0.2) is 6.61 Å². The number of rotatable bonds is 8. The highest BCUT2D eigenvalue weighted by Gasteiger charge is 2.27. The number of ether oxygens (including phenoxy) is 2. The Balaban J connectivity index is 2.15. The van der Waals surface area contributed by atoms with Gasteiger partial charge in [0.2, 0.25) is 10.0 Å². The quantitative estimate of drug-likeness (QED) is 0.592. The van der Waals surface area contributed by atoms with Gasteiger partial charge in [0.05, 0.1) is 12.7 Å². The van der Waals surface area contributed by atoms with Gasteiger partial charge in [0, 0.05) is 26.2 Å². The smallest absolute Gasteiger partial charge is 0.338 e. The van der Waals surface area contributed by atoms with Crippen molar-refractivity contribution in [3.05, 3.63) is 23.8 Å². The van der Waals surface area contributed by atoms with Gasteiger partial charge in [0.25, 0.3) is 5.91 Å². The van der Waals surface area contributed by atoms with Gasteiger partial charge in [0.1, 0.15) is 10.6 Å². The number of methoxy groups -OCH3 is 1. The topological polar surface area (TPSA) is 93.2 Å². The van der Waals surface area contributed by atoms with E-state index in [1.165, 1.54) is 29.6 Å². The van der Waals surface area contributed by atoms with Crippen LogP contribution >= 0.6 is 0 Å². The molecule has 1 amide bonds. The second-order valence-corrected chi connectivity index (χ2v) is 8.73. The lowest BCUT2D eigenvalue weighted by Gasteiger charge is -2.21. The number of benzene rings is 1. The molecule has 162 valence electrons. The molecule has 1 fully saturated rings. The first kappa shape index (κ1) is 23.2. The number of likely N-dealkylation sites (tertiary alicyclic amines) is 1. The summed E-state index contributed by atoms with van der Waals surface area (Å²) in [6.07, 6.45) is 4.09. The third-order valence-corrected chi connectivity index (χ3v) is 7.08. The Hall–Kier alpha value is -2.13. The zero-order valence-electron chi connectivity index (χ0n) is 17.3. The molecule has 0 radical (unpaired) electrons. The van der Waals surface area contributed by atoms with Crippen molar-refractivity contribution < 1.29 is 27.5 Å². The fourth-order valence-electron chi connectivity index (χ4n) is 3.33. The molecule has 1 saturated heterocycles. The largest absolute Gasteiger partial charge is 0.495 e. The van der Waals surface area contributed by atoms with E-state index in [4.69, 9.17) is 9.47 Å². The Morgan fingerprint density at radius 3 is 2.24 bits per heavy atom. The van der Waals surface area contributed by atoms with Gasteiger partial charge in [-0.2, -0.15) is 4.31 Å². The molecule has 1 aliphatic heterocycles. The van der Waals surface area contributed by atoms with Gasteiger partial charge in [-0.05, 0) is 31.0 Å². The van der Waals surface area contributed by atoms with Crippen LogP contribution in [0.5, 0.6) is 5.75 Å². The minimum absolute atomic E-state index is 0.0557. The standard InChI is InChI=1S/C20H30N2O6S/c1-4-22(5-2)29(25,26)18-14-16(10-11-17(18)27-3)20(24)28-15-19(23)21-12-8-6-7-9-13-21/h10-11,14H,4-9,12-13,15H2,1-3H3. The van der Waals surface area contributed by atoms with Gasteiger partial charge in [-0.3, -0.25) is 4.79 Å². The lowest BCUT2D eigenvalue weighted by atomic mass is 10.2. The van der Waals surface area contributed by atoms with Crippen molar-refractivity contribution >= 4 is 21.9 Å². The van der Waals surface area contributed by atoms with Gasteiger partial charge < -0.3 is 14.4 Å². The number of carbonyl (C=O) groups excluding carboxylic acids is 2. The first-order chi connectivity index (χ1) is 13.8. The molecule has 0 bridgehead atoms. The van der Waals surface area contributed by atoms with Gasteiger partial charge in [-0.1, -0.05) is 26.7 Å². The van der Waals surface area contributed by atoms with Crippen LogP contribution in [0.3, 0.4) is 0 Å². The number of hydrogen-bond donors (Lipinski definition) is 0. The summed E-state index contributed by atoms with van der Waals surface area (Å²) in [4.78, 5) is 26.4. The molecule has 1 aromatic rings. The second-order valence-electron chi connectivity index (χ2n) is 6.83. The number of sulfonamides is 1. The third kappa shape index (κ3) is 5.70. The summed E-state index contributed by atoms with van der Waals surface area (Å²) in [6.45, 7) is 5.04. The fraction of sp³-hybridized carbons (Fsp3) is 0.600. The highest BCUT2D eigenvalue weighted by atomic mass is 32.2. The van der Waals surface area contributed by atoms with E-state index in [0.29, 0.717) is 26.2 Å². The normalized spacial score (nSPS) is 15.1. The predicted octanol–water partition coefficient (Wildman–Crippen LogP) is 2.29. The molecule has 1 aromatic carbocycles. The van der Waals surface area contributed by atoms with Crippen LogP contribution in [0.2, 0.25) is 0 Å². The van der Waals surface area contributed by atoms with Gasteiger partial charge in [-0.15, -0.1) is 0 Å². The zero-order valence-corrected chi connectivity index (χ0v) is 18.2. The van der Waals surface area contributed by atoms with Crippen molar-refractivity contribution in [2.75, 3.05) is 39.9 Å². The minimum Gasteiger partial charge on any atom is -0.495 e. The summed E-state index contributed by atoms with van der Waals surface area (Å²) in [5.41, 5.74) is 0.0557. The fourth-order valence-corrected chi connectivity index (χ4v) is 4.97. The molecule has 0 atom stereocenters. The number of hydrogen-bond acceptors (Lipinski definition) is 6. The van der Waals surface area contributed by atoms with Gasteiger partial charge in [-0.25, -0.2) is 13.2 Å². The van der Waals surface area contributed by atoms with Crippen LogP contribution in [-0.2, 0) is 19.6 Å². The first-order valence-corrected chi connectivity index (χ1v) is 11.4. The summed E-state index contributed by atoms with van der Waals surface area (Å²) < 4.78 is 37.4. The maximum absolute atomic E-state index is 12.9. The highest BCUT2D eigenvalue weighted by Crippen LogP contribution is 2.28. The van der Waals surface area contributed by atoms with Crippen LogP contribution < -0.4 is 4.74 Å². The van der Waals surface area contributed by atoms with Crippen molar-refractivity contribution in [1.29, 1.82) is 0 Å². The van der Waals surface area contributed by atoms with Gasteiger partial charge >= 0.3 is 5.97 Å². The molecule has 0 spiro atoms. The Morgan fingerprint density at radius 1 is 1.07 bits per heavy atom. The zero-order chi connectivity index (χ0) is 21.4. The molecule has 8 nitrogen and oxygen atoms in total. The Labute approximate surface area is 172 Å². The molecule has 0 N–H and O–H groups in total. The maximum atomic E-state index is 12.9. The van der Waals surface area contributed by atoms with Crippen LogP contribution in [0.1, 0.15) is 49.9 Å². The number of amides is 1. The van der Waals surface area contributed by atoms with E-state index >= 15 is 0 Å². The van der Waals surface area contributed by atoms with Crippen LogP contribution in [0.15, 0.2) is 23.1 Å². The summed E-state index contributed by atoms with van der Waals surface area (Å²) in [5, 5.41) is 0. The molecule has 0 saturated carbocycles. The Morgan fingerprint density at radius 2 is 1.69 bits per heavy atom. The number of esters is 1. The second kappa shape index (κ2) is 10.6. The van der Waals surface area contributed by atoms with Crippen molar-refractivity contribution in [1.82, 2.24) is 9.21 Å². The molecule has 2 rings (SSSR count). The predicted molar refractivity (Wildman–Crippen MR) is 108 cm³/mol. The van der Waals surface area contributed by atoms with Crippen molar-refractivity contribution in [2.45, 2.75) is 44.4 Å². The molecule has 0 aromatic heterocycles. The maximum Gasteiger partial charge on any atom is 0.338 e.